The van der Waals surface area contributed by atoms with Gasteiger partial charge in [-0.2, -0.15) is 0 Å². The van der Waals surface area contributed by atoms with Gasteiger partial charge in [0.25, 0.3) is 0 Å². The zero-order valence-corrected chi connectivity index (χ0v) is 10.8. The molecule has 16 heavy (non-hydrogen) atoms. The van der Waals surface area contributed by atoms with E-state index in [4.69, 9.17) is 10.5 Å². The van der Waals surface area contributed by atoms with Crippen LogP contribution in [0.15, 0.2) is 11.1 Å². The SMILES string of the molecule is COCc1nc(N)cc(SCCN(C)C)n1. The predicted octanol–water partition coefficient (Wildman–Crippen LogP) is 0.859. The standard InChI is InChI=1S/C10H18N4OS/c1-14(2)4-5-16-10-6-8(11)12-9(13-10)7-15-3/h6H,4-5,7H2,1-3H3,(H2,11,12,13). The second kappa shape index (κ2) is 6.67. The maximum absolute atomic E-state index is 5.69. The van der Waals surface area contributed by atoms with Gasteiger partial charge in [0.1, 0.15) is 17.5 Å². The molecule has 6 heteroatoms. The van der Waals surface area contributed by atoms with Crippen molar-refractivity contribution in [3.63, 3.8) is 0 Å². The molecule has 0 fully saturated rings. The molecule has 0 saturated heterocycles. The van der Waals surface area contributed by atoms with E-state index in [0.29, 0.717) is 18.2 Å². The van der Waals surface area contributed by atoms with E-state index in [0.717, 1.165) is 17.3 Å². The van der Waals surface area contributed by atoms with E-state index in [1.807, 2.05) is 14.1 Å². The molecule has 0 aliphatic rings. The minimum atomic E-state index is 0.395. The molecule has 1 aromatic heterocycles. The predicted molar refractivity (Wildman–Crippen MR) is 66.4 cm³/mol. The van der Waals surface area contributed by atoms with Crippen LogP contribution < -0.4 is 5.73 Å². The van der Waals surface area contributed by atoms with Crippen LogP contribution in [0.5, 0.6) is 0 Å². The first-order valence-corrected chi connectivity index (χ1v) is 6.00. The zero-order valence-electron chi connectivity index (χ0n) is 9.93. The number of nitrogens with two attached hydrogens (primary N) is 1. The summed E-state index contributed by atoms with van der Waals surface area (Å²) < 4.78 is 4.98. The van der Waals surface area contributed by atoms with Crippen molar-refractivity contribution in [2.24, 2.45) is 0 Å². The van der Waals surface area contributed by atoms with E-state index >= 15 is 0 Å². The summed E-state index contributed by atoms with van der Waals surface area (Å²) >= 11 is 1.67. The van der Waals surface area contributed by atoms with Crippen LogP contribution >= 0.6 is 11.8 Å². The Labute approximate surface area is 100 Å². The van der Waals surface area contributed by atoms with Crippen molar-refractivity contribution in [1.29, 1.82) is 0 Å². The number of methoxy groups -OCH3 is 1. The maximum Gasteiger partial charge on any atom is 0.157 e. The quantitative estimate of drug-likeness (QED) is 0.589. The van der Waals surface area contributed by atoms with Crippen LogP contribution in [0.2, 0.25) is 0 Å². The molecule has 0 spiro atoms. The lowest BCUT2D eigenvalue weighted by atomic mass is 10.5. The Morgan fingerprint density at radius 3 is 2.81 bits per heavy atom. The number of hydrogen-bond acceptors (Lipinski definition) is 6. The van der Waals surface area contributed by atoms with E-state index in [-0.39, 0.29) is 0 Å². The highest BCUT2D eigenvalue weighted by Gasteiger charge is 2.03. The van der Waals surface area contributed by atoms with Gasteiger partial charge in [-0.05, 0) is 14.1 Å². The van der Waals surface area contributed by atoms with Crippen LogP contribution in [0, 0.1) is 0 Å². The van der Waals surface area contributed by atoms with E-state index in [1.54, 1.807) is 24.9 Å². The third-order valence-electron chi connectivity index (χ3n) is 1.83. The molecular formula is C10H18N4OS. The smallest absolute Gasteiger partial charge is 0.157 e. The van der Waals surface area contributed by atoms with Crippen molar-refractivity contribution in [3.05, 3.63) is 11.9 Å². The minimum absolute atomic E-state index is 0.395. The Hall–Kier alpha value is -0.850. The average Bonchev–Trinajstić information content (AvgIpc) is 2.16. The Morgan fingerprint density at radius 2 is 2.19 bits per heavy atom. The highest BCUT2D eigenvalue weighted by molar-refractivity contribution is 7.99. The lowest BCUT2D eigenvalue weighted by molar-refractivity contribution is 0.177. The van der Waals surface area contributed by atoms with Gasteiger partial charge in [0, 0.05) is 25.5 Å². The van der Waals surface area contributed by atoms with Gasteiger partial charge in [-0.1, -0.05) is 0 Å². The molecule has 0 atom stereocenters. The largest absolute Gasteiger partial charge is 0.384 e. The second-order valence-corrected chi connectivity index (χ2v) is 4.75. The highest BCUT2D eigenvalue weighted by Crippen LogP contribution is 2.17. The molecule has 0 aromatic carbocycles. The molecule has 0 aliphatic heterocycles. The summed E-state index contributed by atoms with van der Waals surface area (Å²) in [5.41, 5.74) is 5.69. The van der Waals surface area contributed by atoms with E-state index in [2.05, 4.69) is 14.9 Å². The molecule has 0 bridgehead atoms. The molecule has 2 N–H and O–H groups in total. The summed E-state index contributed by atoms with van der Waals surface area (Å²) in [5, 5.41) is 0.904. The van der Waals surface area contributed by atoms with Crippen LogP contribution in [0.25, 0.3) is 0 Å². The first kappa shape index (κ1) is 13.2. The summed E-state index contributed by atoms with van der Waals surface area (Å²) in [7, 11) is 5.71. The molecule has 1 heterocycles. The molecular weight excluding hydrogens is 224 g/mol. The lowest BCUT2D eigenvalue weighted by Gasteiger charge is -2.09. The Bertz CT molecular complexity index is 333. The number of ether oxygens (including phenoxy) is 1. The van der Waals surface area contributed by atoms with Crippen LogP contribution in [0.1, 0.15) is 5.82 Å². The molecule has 5 nitrogen and oxygen atoms in total. The van der Waals surface area contributed by atoms with Crippen molar-refractivity contribution in [3.8, 4) is 0 Å². The average molecular weight is 242 g/mol. The Morgan fingerprint density at radius 1 is 1.44 bits per heavy atom. The van der Waals surface area contributed by atoms with Crippen LogP contribution in [0.4, 0.5) is 5.82 Å². The van der Waals surface area contributed by atoms with Gasteiger partial charge in [0.05, 0.1) is 0 Å². The maximum atomic E-state index is 5.69. The van der Waals surface area contributed by atoms with Crippen molar-refractivity contribution in [2.75, 3.05) is 39.2 Å². The molecule has 1 rings (SSSR count). The molecule has 0 aliphatic carbocycles. The number of hydrogen-bond donors (Lipinski definition) is 1. The van der Waals surface area contributed by atoms with Gasteiger partial charge in [0.2, 0.25) is 0 Å². The molecule has 0 unspecified atom stereocenters. The number of anilines is 1. The van der Waals surface area contributed by atoms with Crippen molar-refractivity contribution in [2.45, 2.75) is 11.6 Å². The monoisotopic (exact) mass is 242 g/mol. The highest BCUT2D eigenvalue weighted by atomic mass is 32.2. The summed E-state index contributed by atoms with van der Waals surface area (Å²) in [6.07, 6.45) is 0. The molecule has 0 amide bonds. The summed E-state index contributed by atoms with van der Waals surface area (Å²) in [5.74, 6) is 2.11. The molecule has 0 radical (unpaired) electrons. The van der Waals surface area contributed by atoms with Gasteiger partial charge < -0.3 is 15.4 Å². The van der Waals surface area contributed by atoms with E-state index in [9.17, 15) is 0 Å². The normalized spacial score (nSPS) is 11.0. The van der Waals surface area contributed by atoms with Gasteiger partial charge in [0.15, 0.2) is 5.82 Å². The zero-order chi connectivity index (χ0) is 12.0. The first-order valence-electron chi connectivity index (χ1n) is 5.01. The second-order valence-electron chi connectivity index (χ2n) is 3.63. The van der Waals surface area contributed by atoms with Crippen LogP contribution in [0.3, 0.4) is 0 Å². The van der Waals surface area contributed by atoms with Gasteiger partial charge in [-0.25, -0.2) is 9.97 Å². The lowest BCUT2D eigenvalue weighted by Crippen LogP contribution is -2.15. The minimum Gasteiger partial charge on any atom is -0.384 e. The topological polar surface area (TPSA) is 64.3 Å². The van der Waals surface area contributed by atoms with Gasteiger partial charge in [-0.15, -0.1) is 11.8 Å². The van der Waals surface area contributed by atoms with Crippen LogP contribution in [-0.4, -0.2) is 48.4 Å². The Balaban J connectivity index is 2.58. The number of nitrogen functional groups attached to an aromatic ring is 1. The third-order valence-corrected chi connectivity index (χ3v) is 2.72. The van der Waals surface area contributed by atoms with Crippen molar-refractivity contribution >= 4 is 17.6 Å². The number of aromatic nitrogens is 2. The fraction of sp³-hybridized carbons (Fsp3) is 0.600. The van der Waals surface area contributed by atoms with Crippen molar-refractivity contribution < 1.29 is 4.74 Å². The third kappa shape index (κ3) is 4.78. The summed E-state index contributed by atoms with van der Waals surface area (Å²) in [6.45, 7) is 1.40. The number of thioether (sulfide) groups is 1. The number of nitrogens with zero attached hydrogens (tertiary/aromatic N) is 3. The van der Waals surface area contributed by atoms with Crippen LogP contribution in [-0.2, 0) is 11.3 Å². The van der Waals surface area contributed by atoms with Gasteiger partial charge >= 0.3 is 0 Å². The summed E-state index contributed by atoms with van der Waals surface area (Å²) in [6, 6.07) is 1.79. The molecule has 0 saturated carbocycles. The fourth-order valence-corrected chi connectivity index (χ4v) is 2.13. The molecule has 90 valence electrons. The van der Waals surface area contributed by atoms with E-state index < -0.39 is 0 Å². The Kier molecular flexibility index (Phi) is 5.51. The fourth-order valence-electron chi connectivity index (χ4n) is 1.09. The summed E-state index contributed by atoms with van der Waals surface area (Å²) in [4.78, 5) is 10.6. The van der Waals surface area contributed by atoms with E-state index in [1.165, 1.54) is 0 Å². The number of rotatable bonds is 6. The molecule has 1 aromatic rings. The first-order chi connectivity index (χ1) is 7.61. The van der Waals surface area contributed by atoms with Crippen molar-refractivity contribution in [1.82, 2.24) is 14.9 Å². The van der Waals surface area contributed by atoms with Gasteiger partial charge in [-0.3, -0.25) is 0 Å².